The molecule has 3 rings (SSSR count). The maximum atomic E-state index is 10.8. The summed E-state index contributed by atoms with van der Waals surface area (Å²) in [6.07, 6.45) is 1.60. The third kappa shape index (κ3) is 2.90. The molecule has 0 aromatic heterocycles. The first-order chi connectivity index (χ1) is 11.6. The van der Waals surface area contributed by atoms with Crippen LogP contribution in [0.2, 0.25) is 0 Å². The molecule has 3 aromatic rings. The molecule has 4 nitrogen and oxygen atoms in total. The van der Waals surface area contributed by atoms with Crippen molar-refractivity contribution in [3.8, 4) is 22.3 Å². The normalized spacial score (nSPS) is 10.3. The molecule has 0 amide bonds. The van der Waals surface area contributed by atoms with Crippen LogP contribution in [0.1, 0.15) is 20.7 Å². The fourth-order valence-corrected chi connectivity index (χ4v) is 2.62. The van der Waals surface area contributed by atoms with Crippen molar-refractivity contribution in [2.75, 3.05) is 11.5 Å². The van der Waals surface area contributed by atoms with Crippen molar-refractivity contribution >= 4 is 23.9 Å². The monoisotopic (exact) mass is 316 g/mol. The quantitative estimate of drug-likeness (QED) is 0.566. The number of hydrogen-bond acceptors (Lipinski definition) is 4. The molecule has 0 aliphatic heterocycles. The largest absolute Gasteiger partial charge is 0.398 e. The van der Waals surface area contributed by atoms with E-state index in [2.05, 4.69) is 0 Å². The van der Waals surface area contributed by atoms with Gasteiger partial charge in [0.05, 0.1) is 0 Å². The molecule has 0 spiro atoms. The van der Waals surface area contributed by atoms with Crippen LogP contribution < -0.4 is 11.5 Å². The zero-order chi connectivity index (χ0) is 17.1. The summed E-state index contributed by atoms with van der Waals surface area (Å²) >= 11 is 0. The first-order valence-corrected chi connectivity index (χ1v) is 7.42. The highest BCUT2D eigenvalue weighted by Gasteiger charge is 2.10. The average molecular weight is 316 g/mol. The third-order valence-corrected chi connectivity index (χ3v) is 3.94. The van der Waals surface area contributed by atoms with Crippen LogP contribution in [0, 0.1) is 0 Å². The van der Waals surface area contributed by atoms with Crippen molar-refractivity contribution in [1.82, 2.24) is 0 Å². The van der Waals surface area contributed by atoms with Crippen molar-refractivity contribution < 1.29 is 9.59 Å². The highest BCUT2D eigenvalue weighted by Crippen LogP contribution is 2.35. The van der Waals surface area contributed by atoms with Crippen LogP contribution in [0.4, 0.5) is 11.4 Å². The number of carbonyl (C=O) groups is 2. The van der Waals surface area contributed by atoms with Gasteiger partial charge in [-0.05, 0) is 23.3 Å². The molecule has 0 aliphatic carbocycles. The minimum absolute atomic E-state index is 0.595. The Morgan fingerprint density at radius 2 is 0.917 bits per heavy atom. The zero-order valence-electron chi connectivity index (χ0n) is 12.9. The molecular formula is C20H16N2O2. The summed E-state index contributed by atoms with van der Waals surface area (Å²) in [5.74, 6) is 0. The fraction of sp³-hybridized carbons (Fsp3) is 0. The summed E-state index contributed by atoms with van der Waals surface area (Å²) in [5, 5.41) is 0. The fourth-order valence-electron chi connectivity index (χ4n) is 2.62. The van der Waals surface area contributed by atoms with Crippen LogP contribution >= 0.6 is 0 Å². The van der Waals surface area contributed by atoms with Gasteiger partial charge in [-0.15, -0.1) is 0 Å². The second-order valence-electron chi connectivity index (χ2n) is 5.51. The highest BCUT2D eigenvalue weighted by atomic mass is 16.1. The molecule has 0 saturated carbocycles. The van der Waals surface area contributed by atoms with Gasteiger partial charge in [-0.3, -0.25) is 9.59 Å². The molecule has 118 valence electrons. The summed E-state index contributed by atoms with van der Waals surface area (Å²) in [4.78, 5) is 21.5. The molecular weight excluding hydrogens is 300 g/mol. The third-order valence-electron chi connectivity index (χ3n) is 3.94. The molecule has 0 unspecified atom stereocenters. The van der Waals surface area contributed by atoms with Crippen molar-refractivity contribution in [3.05, 3.63) is 71.8 Å². The Morgan fingerprint density at radius 1 is 0.583 bits per heavy atom. The van der Waals surface area contributed by atoms with E-state index in [4.69, 9.17) is 11.5 Å². The summed E-state index contributed by atoms with van der Waals surface area (Å²) < 4.78 is 0. The van der Waals surface area contributed by atoms with Gasteiger partial charge in [0.1, 0.15) is 12.6 Å². The Bertz CT molecular complexity index is 821. The van der Waals surface area contributed by atoms with E-state index in [0.717, 1.165) is 34.8 Å². The minimum Gasteiger partial charge on any atom is -0.398 e. The van der Waals surface area contributed by atoms with Gasteiger partial charge in [-0.2, -0.15) is 0 Å². The van der Waals surface area contributed by atoms with E-state index < -0.39 is 0 Å². The lowest BCUT2D eigenvalue weighted by molar-refractivity contribution is 0.111. The molecule has 3 aromatic carbocycles. The molecule has 0 bridgehead atoms. The van der Waals surface area contributed by atoms with Crippen LogP contribution in [-0.2, 0) is 0 Å². The van der Waals surface area contributed by atoms with Gasteiger partial charge in [0.25, 0.3) is 0 Å². The number of anilines is 2. The Hall–Kier alpha value is -3.40. The SMILES string of the molecule is Nc1cc(-c2ccc(C=O)cc2)c(N)cc1-c1ccc(C=O)cc1. The zero-order valence-corrected chi connectivity index (χ0v) is 12.9. The lowest BCUT2D eigenvalue weighted by atomic mass is 9.96. The Labute approximate surface area is 139 Å². The Balaban J connectivity index is 2.03. The highest BCUT2D eigenvalue weighted by molar-refractivity contribution is 5.89. The maximum absolute atomic E-state index is 10.8. The van der Waals surface area contributed by atoms with E-state index in [9.17, 15) is 9.59 Å². The molecule has 4 heteroatoms. The van der Waals surface area contributed by atoms with Crippen LogP contribution in [0.25, 0.3) is 22.3 Å². The lowest BCUT2D eigenvalue weighted by Gasteiger charge is -2.12. The predicted octanol–water partition coefficient (Wildman–Crippen LogP) is 3.81. The second kappa shape index (κ2) is 6.38. The topological polar surface area (TPSA) is 86.2 Å². The first-order valence-electron chi connectivity index (χ1n) is 7.42. The van der Waals surface area contributed by atoms with Crippen LogP contribution in [-0.4, -0.2) is 12.6 Å². The average Bonchev–Trinajstić information content (AvgIpc) is 2.63. The van der Waals surface area contributed by atoms with E-state index in [-0.39, 0.29) is 0 Å². The Morgan fingerprint density at radius 3 is 1.21 bits per heavy atom. The maximum Gasteiger partial charge on any atom is 0.150 e. The summed E-state index contributed by atoms with van der Waals surface area (Å²) in [6, 6.07) is 18.0. The number of hydrogen-bond donors (Lipinski definition) is 2. The Kier molecular flexibility index (Phi) is 4.12. The van der Waals surface area contributed by atoms with Gasteiger partial charge in [0, 0.05) is 33.6 Å². The van der Waals surface area contributed by atoms with E-state index in [0.29, 0.717) is 22.5 Å². The molecule has 0 fully saturated rings. The number of aldehydes is 2. The van der Waals surface area contributed by atoms with Crippen LogP contribution in [0.5, 0.6) is 0 Å². The van der Waals surface area contributed by atoms with Gasteiger partial charge >= 0.3 is 0 Å². The first kappa shape index (κ1) is 15.5. The molecule has 0 heterocycles. The smallest absolute Gasteiger partial charge is 0.150 e. The summed E-state index contributed by atoms with van der Waals surface area (Å²) in [7, 11) is 0. The van der Waals surface area contributed by atoms with Gasteiger partial charge in [-0.25, -0.2) is 0 Å². The van der Waals surface area contributed by atoms with Crippen LogP contribution in [0.3, 0.4) is 0 Å². The predicted molar refractivity (Wildman–Crippen MR) is 96.9 cm³/mol. The minimum atomic E-state index is 0.595. The molecule has 0 saturated heterocycles. The lowest BCUT2D eigenvalue weighted by Crippen LogP contribution is -1.97. The van der Waals surface area contributed by atoms with Crippen molar-refractivity contribution in [2.45, 2.75) is 0 Å². The van der Waals surface area contributed by atoms with E-state index in [1.54, 1.807) is 24.3 Å². The van der Waals surface area contributed by atoms with Crippen molar-refractivity contribution in [3.63, 3.8) is 0 Å². The second-order valence-corrected chi connectivity index (χ2v) is 5.51. The summed E-state index contributed by atoms with van der Waals surface area (Å²) in [6.45, 7) is 0. The number of nitrogen functional groups attached to an aromatic ring is 2. The molecule has 0 radical (unpaired) electrons. The van der Waals surface area contributed by atoms with Crippen molar-refractivity contribution in [1.29, 1.82) is 0 Å². The number of nitrogens with two attached hydrogens (primary N) is 2. The van der Waals surface area contributed by atoms with E-state index in [1.807, 2.05) is 36.4 Å². The summed E-state index contributed by atoms with van der Waals surface area (Å²) in [5.41, 5.74) is 18.2. The van der Waals surface area contributed by atoms with Crippen LogP contribution in [0.15, 0.2) is 60.7 Å². The molecule has 24 heavy (non-hydrogen) atoms. The van der Waals surface area contributed by atoms with Gasteiger partial charge in [0.15, 0.2) is 0 Å². The number of carbonyl (C=O) groups excluding carboxylic acids is 2. The van der Waals surface area contributed by atoms with E-state index >= 15 is 0 Å². The van der Waals surface area contributed by atoms with E-state index in [1.165, 1.54) is 0 Å². The van der Waals surface area contributed by atoms with Crippen molar-refractivity contribution in [2.24, 2.45) is 0 Å². The van der Waals surface area contributed by atoms with Gasteiger partial charge < -0.3 is 11.5 Å². The van der Waals surface area contributed by atoms with Gasteiger partial charge in [-0.1, -0.05) is 48.5 Å². The molecule has 0 atom stereocenters. The number of rotatable bonds is 4. The van der Waals surface area contributed by atoms with Gasteiger partial charge in [0.2, 0.25) is 0 Å². The standard InChI is InChI=1S/C20H16N2O2/c21-19-10-18(16-7-3-14(12-24)4-8-16)20(22)9-17(19)15-5-1-13(11-23)2-6-15/h1-12H,21-22H2. The molecule has 4 N–H and O–H groups in total. The molecule has 0 aliphatic rings. The number of benzene rings is 3.